The zero-order chi connectivity index (χ0) is 17.7. The Kier molecular flexibility index (Phi) is 6.31. The van der Waals surface area contributed by atoms with Crippen molar-refractivity contribution in [2.75, 3.05) is 27.2 Å². The van der Waals surface area contributed by atoms with Gasteiger partial charge in [0.15, 0.2) is 0 Å². The summed E-state index contributed by atoms with van der Waals surface area (Å²) in [7, 11) is 4.09. The number of likely N-dealkylation sites (tertiary alicyclic amines) is 1. The fraction of sp³-hybridized carbons (Fsp3) is 0.556. The lowest BCUT2D eigenvalue weighted by atomic mass is 10.0. The molecule has 0 unspecified atom stereocenters. The number of quaternary nitrogens is 1. The highest BCUT2D eigenvalue weighted by Gasteiger charge is 2.27. The van der Waals surface area contributed by atoms with Gasteiger partial charge in [0, 0.05) is 31.5 Å². The highest BCUT2D eigenvalue weighted by Crippen LogP contribution is 2.12. The van der Waals surface area contributed by atoms with Crippen molar-refractivity contribution < 1.29 is 18.8 Å². The van der Waals surface area contributed by atoms with Gasteiger partial charge < -0.3 is 14.5 Å². The molecular weight excluding hydrogens is 309 g/mol. The lowest BCUT2D eigenvalue weighted by molar-refractivity contribution is -0.885. The molecule has 1 heterocycles. The van der Waals surface area contributed by atoms with Crippen LogP contribution in [0.25, 0.3) is 0 Å². The number of carbonyl (C=O) groups is 1. The van der Waals surface area contributed by atoms with E-state index >= 15 is 0 Å². The van der Waals surface area contributed by atoms with Crippen molar-refractivity contribution in [1.82, 2.24) is 4.90 Å². The van der Waals surface area contributed by atoms with Gasteiger partial charge in [-0.2, -0.15) is 4.99 Å². The smallest absolute Gasteiger partial charge is 0.295 e. The number of nitrogens with one attached hydrogen (secondary N) is 1. The molecular formula is C18H27FN3O2+. The third-order valence-corrected chi connectivity index (χ3v) is 4.27. The number of ether oxygens (including phenoxy) is 1. The Bertz CT molecular complexity index is 596. The standard InChI is InChI=1S/C18H26FN3O2/c1-13(2)24-18(22(4)16-8-10-21(3)11-9-16)20-17(23)14-6-5-7-15(19)12-14/h5-7,12-13,16H,8-11H2,1-4H3/p+1. The fourth-order valence-electron chi connectivity index (χ4n) is 2.81. The Balaban J connectivity index is 2.18. The van der Waals surface area contributed by atoms with Crippen molar-refractivity contribution in [3.8, 4) is 0 Å². The summed E-state index contributed by atoms with van der Waals surface area (Å²) in [5.74, 6) is -0.940. The van der Waals surface area contributed by atoms with Crippen molar-refractivity contribution in [3.63, 3.8) is 0 Å². The summed E-state index contributed by atoms with van der Waals surface area (Å²) in [6.07, 6.45) is 1.96. The normalized spacial score (nSPS) is 21.7. The van der Waals surface area contributed by atoms with Crippen LogP contribution in [-0.2, 0) is 4.74 Å². The molecule has 132 valence electrons. The number of nitrogens with zero attached hydrogens (tertiary/aromatic N) is 2. The van der Waals surface area contributed by atoms with E-state index in [0.29, 0.717) is 12.1 Å². The maximum atomic E-state index is 13.3. The molecule has 0 spiro atoms. The summed E-state index contributed by atoms with van der Waals surface area (Å²) >= 11 is 0. The van der Waals surface area contributed by atoms with Gasteiger partial charge in [-0.1, -0.05) is 6.07 Å². The maximum absolute atomic E-state index is 13.3. The zero-order valence-electron chi connectivity index (χ0n) is 14.9. The average Bonchev–Trinajstić information content (AvgIpc) is 2.54. The Hall–Kier alpha value is -1.95. The van der Waals surface area contributed by atoms with Crippen molar-refractivity contribution in [2.24, 2.45) is 4.99 Å². The number of piperidine rings is 1. The number of aliphatic imine (C=N–C) groups is 1. The molecule has 24 heavy (non-hydrogen) atoms. The van der Waals surface area contributed by atoms with Crippen LogP contribution in [0.4, 0.5) is 4.39 Å². The highest BCUT2D eigenvalue weighted by molar-refractivity contribution is 6.01. The van der Waals surface area contributed by atoms with E-state index in [-0.39, 0.29) is 11.7 Å². The molecule has 6 heteroatoms. The third-order valence-electron chi connectivity index (χ3n) is 4.27. The fourth-order valence-corrected chi connectivity index (χ4v) is 2.81. The molecule has 1 N–H and O–H groups in total. The van der Waals surface area contributed by atoms with Gasteiger partial charge in [-0.3, -0.25) is 4.79 Å². The number of hydrogen-bond acceptors (Lipinski definition) is 2. The lowest BCUT2D eigenvalue weighted by Gasteiger charge is -2.34. The molecule has 0 aromatic heterocycles. The van der Waals surface area contributed by atoms with Gasteiger partial charge in [-0.25, -0.2) is 4.39 Å². The number of carbonyl (C=O) groups excluding carboxylic acids is 1. The largest absolute Gasteiger partial charge is 0.462 e. The van der Waals surface area contributed by atoms with Crippen LogP contribution in [0, 0.1) is 5.82 Å². The van der Waals surface area contributed by atoms with Crippen LogP contribution >= 0.6 is 0 Å². The number of hydrogen-bond donors (Lipinski definition) is 1. The second-order valence-corrected chi connectivity index (χ2v) is 6.68. The molecule has 1 saturated heterocycles. The molecule has 1 amide bonds. The first-order valence-corrected chi connectivity index (χ1v) is 8.46. The van der Waals surface area contributed by atoms with E-state index in [1.807, 2.05) is 25.8 Å². The van der Waals surface area contributed by atoms with Gasteiger partial charge in [-0.05, 0) is 32.0 Å². The molecule has 0 atom stereocenters. The molecule has 1 aliphatic heterocycles. The Morgan fingerprint density at radius 1 is 1.38 bits per heavy atom. The number of amidine groups is 1. The zero-order valence-corrected chi connectivity index (χ0v) is 14.9. The summed E-state index contributed by atoms with van der Waals surface area (Å²) < 4.78 is 19.1. The van der Waals surface area contributed by atoms with Crippen LogP contribution in [0.15, 0.2) is 29.3 Å². The van der Waals surface area contributed by atoms with Gasteiger partial charge in [0.1, 0.15) is 5.82 Å². The number of rotatable bonds is 3. The molecule has 0 radical (unpaired) electrons. The lowest BCUT2D eigenvalue weighted by Crippen LogP contribution is -3.10. The third kappa shape index (κ3) is 5.03. The minimum atomic E-state index is -0.490. The van der Waals surface area contributed by atoms with Crippen LogP contribution in [0.5, 0.6) is 0 Å². The summed E-state index contributed by atoms with van der Waals surface area (Å²) in [5, 5.41) is 0. The van der Waals surface area contributed by atoms with E-state index in [2.05, 4.69) is 12.0 Å². The van der Waals surface area contributed by atoms with Crippen LogP contribution in [0.2, 0.25) is 0 Å². The van der Waals surface area contributed by atoms with E-state index in [1.54, 1.807) is 6.07 Å². The van der Waals surface area contributed by atoms with Gasteiger partial charge >= 0.3 is 0 Å². The summed E-state index contributed by atoms with van der Waals surface area (Å²) in [4.78, 5) is 20.0. The quantitative estimate of drug-likeness (QED) is 0.670. The monoisotopic (exact) mass is 336 g/mol. The van der Waals surface area contributed by atoms with Crippen LogP contribution < -0.4 is 4.90 Å². The number of amides is 1. The molecule has 0 aliphatic carbocycles. The average molecular weight is 336 g/mol. The molecule has 2 rings (SSSR count). The van der Waals surface area contributed by atoms with E-state index in [4.69, 9.17) is 4.74 Å². The molecule has 1 fully saturated rings. The predicted octanol–water partition coefficient (Wildman–Crippen LogP) is 1.36. The van der Waals surface area contributed by atoms with Crippen molar-refractivity contribution >= 4 is 11.9 Å². The maximum Gasteiger partial charge on any atom is 0.295 e. The molecule has 0 bridgehead atoms. The molecule has 5 nitrogen and oxygen atoms in total. The van der Waals surface area contributed by atoms with Crippen molar-refractivity contribution in [1.29, 1.82) is 0 Å². The van der Waals surface area contributed by atoms with Crippen molar-refractivity contribution in [3.05, 3.63) is 35.6 Å². The van der Waals surface area contributed by atoms with E-state index in [0.717, 1.165) is 25.9 Å². The first kappa shape index (κ1) is 18.4. The Morgan fingerprint density at radius 2 is 2.04 bits per heavy atom. The van der Waals surface area contributed by atoms with Gasteiger partial charge in [0.2, 0.25) is 0 Å². The second kappa shape index (κ2) is 8.24. The first-order chi connectivity index (χ1) is 11.4. The summed E-state index contributed by atoms with van der Waals surface area (Å²) in [5.41, 5.74) is 0.223. The van der Waals surface area contributed by atoms with E-state index in [1.165, 1.54) is 23.1 Å². The minimum absolute atomic E-state index is 0.0941. The first-order valence-electron chi connectivity index (χ1n) is 8.46. The molecule has 1 aromatic carbocycles. The number of halogens is 1. The summed E-state index contributed by atoms with van der Waals surface area (Å²) in [6, 6.07) is 6.16. The molecule has 1 aromatic rings. The van der Waals surface area contributed by atoms with Crippen LogP contribution in [-0.4, -0.2) is 56.2 Å². The van der Waals surface area contributed by atoms with Crippen molar-refractivity contribution in [2.45, 2.75) is 38.8 Å². The van der Waals surface area contributed by atoms with E-state index in [9.17, 15) is 9.18 Å². The minimum Gasteiger partial charge on any atom is -0.462 e. The second-order valence-electron chi connectivity index (χ2n) is 6.68. The van der Waals surface area contributed by atoms with Gasteiger partial charge in [0.25, 0.3) is 11.9 Å². The molecule has 1 aliphatic rings. The Labute approximate surface area is 143 Å². The number of benzene rings is 1. The topological polar surface area (TPSA) is 46.3 Å². The van der Waals surface area contributed by atoms with Crippen LogP contribution in [0.1, 0.15) is 37.0 Å². The predicted molar refractivity (Wildman–Crippen MR) is 91.8 cm³/mol. The highest BCUT2D eigenvalue weighted by atomic mass is 19.1. The summed E-state index contributed by atoms with van der Waals surface area (Å²) in [6.45, 7) is 5.97. The van der Waals surface area contributed by atoms with Crippen LogP contribution in [0.3, 0.4) is 0 Å². The Morgan fingerprint density at radius 3 is 2.62 bits per heavy atom. The SMILES string of the molecule is CC(C)OC(=NC(=O)c1cccc(F)c1)N(C)C1CC[NH+](C)CC1. The van der Waals surface area contributed by atoms with E-state index < -0.39 is 11.7 Å². The van der Waals surface area contributed by atoms with Gasteiger partial charge in [-0.15, -0.1) is 0 Å². The molecule has 0 saturated carbocycles. The van der Waals surface area contributed by atoms with Gasteiger partial charge in [0.05, 0.1) is 26.2 Å².